The topological polar surface area (TPSA) is 61.9 Å². The van der Waals surface area contributed by atoms with E-state index in [0.29, 0.717) is 23.2 Å². The van der Waals surface area contributed by atoms with Gasteiger partial charge < -0.3 is 15.0 Å². The molecule has 0 aliphatic carbocycles. The predicted molar refractivity (Wildman–Crippen MR) is 118 cm³/mol. The number of anilines is 2. The molecule has 3 rings (SSSR count). The van der Waals surface area contributed by atoms with Crippen molar-refractivity contribution < 1.29 is 14.3 Å². The molecule has 1 saturated heterocycles. The Labute approximate surface area is 176 Å². The Morgan fingerprint density at radius 2 is 1.86 bits per heavy atom. The smallest absolute Gasteiger partial charge is 0.341 e. The molecule has 2 heterocycles. The van der Waals surface area contributed by atoms with E-state index >= 15 is 0 Å². The second-order valence-corrected chi connectivity index (χ2v) is 8.86. The summed E-state index contributed by atoms with van der Waals surface area (Å²) in [7, 11) is 1.36. The van der Waals surface area contributed by atoms with E-state index in [1.54, 1.807) is 0 Å². The zero-order valence-corrected chi connectivity index (χ0v) is 18.6. The number of nitrogens with zero attached hydrogens (tertiary/aromatic N) is 2. The second-order valence-electron chi connectivity index (χ2n) is 7.64. The van der Waals surface area contributed by atoms with E-state index in [-0.39, 0.29) is 5.91 Å². The first-order valence-electron chi connectivity index (χ1n) is 9.84. The number of amides is 1. The van der Waals surface area contributed by atoms with Crippen molar-refractivity contribution in [2.24, 2.45) is 0 Å². The number of ether oxygens (including phenoxy) is 1. The maximum absolute atomic E-state index is 12.6. The van der Waals surface area contributed by atoms with E-state index in [4.69, 9.17) is 4.74 Å². The molecule has 1 amide bonds. The van der Waals surface area contributed by atoms with Gasteiger partial charge in [-0.15, -0.1) is 11.3 Å². The Kier molecular flexibility index (Phi) is 6.59. The maximum Gasteiger partial charge on any atom is 0.341 e. The van der Waals surface area contributed by atoms with E-state index in [0.717, 1.165) is 30.1 Å². The lowest BCUT2D eigenvalue weighted by Crippen LogP contribution is -2.53. The maximum atomic E-state index is 12.6. The number of carbonyl (C=O) groups is 2. The Bertz CT molecular complexity index is 891. The highest BCUT2D eigenvalue weighted by Crippen LogP contribution is 2.33. The molecule has 1 unspecified atom stereocenters. The number of hydrogen-bond acceptors (Lipinski definition) is 6. The summed E-state index contributed by atoms with van der Waals surface area (Å²) < 4.78 is 4.88. The van der Waals surface area contributed by atoms with Gasteiger partial charge >= 0.3 is 5.97 Å². The number of thiophene rings is 1. The van der Waals surface area contributed by atoms with Crippen molar-refractivity contribution in [1.82, 2.24) is 4.90 Å². The Balaban J connectivity index is 1.61. The Morgan fingerprint density at radius 1 is 1.17 bits per heavy atom. The van der Waals surface area contributed by atoms with Gasteiger partial charge in [-0.2, -0.15) is 0 Å². The van der Waals surface area contributed by atoms with Gasteiger partial charge in [0, 0.05) is 36.2 Å². The van der Waals surface area contributed by atoms with Crippen LogP contribution in [-0.2, 0) is 9.53 Å². The molecule has 0 spiro atoms. The van der Waals surface area contributed by atoms with E-state index in [1.165, 1.54) is 29.7 Å². The highest BCUT2D eigenvalue weighted by Gasteiger charge is 2.26. The number of esters is 1. The molecule has 1 aromatic heterocycles. The van der Waals surface area contributed by atoms with Gasteiger partial charge in [0.1, 0.15) is 5.00 Å². The van der Waals surface area contributed by atoms with E-state index < -0.39 is 5.97 Å². The summed E-state index contributed by atoms with van der Waals surface area (Å²) in [5, 5.41) is 3.49. The molecule has 1 fully saturated rings. The minimum absolute atomic E-state index is 0.104. The molecule has 29 heavy (non-hydrogen) atoms. The molecule has 0 bridgehead atoms. The summed E-state index contributed by atoms with van der Waals surface area (Å²) in [6, 6.07) is 8.89. The minimum atomic E-state index is -0.414. The summed E-state index contributed by atoms with van der Waals surface area (Å²) in [6.45, 7) is 10.9. The summed E-state index contributed by atoms with van der Waals surface area (Å²) in [6.07, 6.45) is 0. The van der Waals surface area contributed by atoms with Crippen LogP contribution >= 0.6 is 11.3 Å². The third kappa shape index (κ3) is 4.79. The van der Waals surface area contributed by atoms with E-state index in [2.05, 4.69) is 53.2 Å². The highest BCUT2D eigenvalue weighted by molar-refractivity contribution is 7.16. The van der Waals surface area contributed by atoms with Crippen LogP contribution in [0.2, 0.25) is 0 Å². The number of piperazine rings is 1. The molecule has 1 aromatic carbocycles. The fourth-order valence-corrected chi connectivity index (χ4v) is 4.79. The van der Waals surface area contributed by atoms with Crippen molar-refractivity contribution in [3.63, 3.8) is 0 Å². The van der Waals surface area contributed by atoms with Crippen LogP contribution in [0, 0.1) is 20.8 Å². The number of nitrogens with one attached hydrogen (secondary N) is 1. The van der Waals surface area contributed by atoms with Gasteiger partial charge in [0.05, 0.1) is 19.2 Å². The number of methoxy groups -OCH3 is 1. The lowest BCUT2D eigenvalue weighted by atomic mass is 10.1. The largest absolute Gasteiger partial charge is 0.465 e. The van der Waals surface area contributed by atoms with Crippen LogP contribution in [0.25, 0.3) is 0 Å². The first kappa shape index (κ1) is 21.3. The summed E-state index contributed by atoms with van der Waals surface area (Å²) in [4.78, 5) is 30.3. The quantitative estimate of drug-likeness (QED) is 0.756. The molecule has 2 aromatic rings. The molecule has 1 aliphatic rings. The summed E-state index contributed by atoms with van der Waals surface area (Å²) >= 11 is 1.41. The number of rotatable bonds is 5. The van der Waals surface area contributed by atoms with Crippen LogP contribution in [-0.4, -0.2) is 56.1 Å². The van der Waals surface area contributed by atoms with E-state index in [9.17, 15) is 9.59 Å². The van der Waals surface area contributed by atoms with Gasteiger partial charge in [-0.3, -0.25) is 9.69 Å². The van der Waals surface area contributed by atoms with Crippen molar-refractivity contribution >= 4 is 33.9 Å². The summed E-state index contributed by atoms with van der Waals surface area (Å²) in [5.74, 6) is -0.519. The average Bonchev–Trinajstić information content (AvgIpc) is 2.95. The fourth-order valence-electron chi connectivity index (χ4n) is 3.73. The first-order valence-corrected chi connectivity index (χ1v) is 10.7. The molecule has 7 heteroatoms. The fraction of sp³-hybridized carbons (Fsp3) is 0.455. The van der Waals surface area contributed by atoms with Crippen LogP contribution in [0.4, 0.5) is 10.7 Å². The van der Waals surface area contributed by atoms with Gasteiger partial charge in [0.2, 0.25) is 5.91 Å². The van der Waals surface area contributed by atoms with Gasteiger partial charge in [-0.05, 0) is 45.4 Å². The predicted octanol–water partition coefficient (Wildman–Crippen LogP) is 3.61. The molecular weight excluding hydrogens is 386 g/mol. The molecule has 156 valence electrons. The zero-order chi connectivity index (χ0) is 21.1. The number of hydrogen-bond donors (Lipinski definition) is 1. The SMILES string of the molecule is COC(=O)c1c(NC(=O)CN2CCN(c3ccc(C)cc3)C(C)C2)sc(C)c1C. The number of aryl methyl sites for hydroxylation is 2. The molecule has 0 radical (unpaired) electrons. The van der Waals surface area contributed by atoms with Gasteiger partial charge in [0.25, 0.3) is 0 Å². The Hall–Kier alpha value is -2.38. The zero-order valence-electron chi connectivity index (χ0n) is 17.7. The normalized spacial score (nSPS) is 17.3. The van der Waals surface area contributed by atoms with Crippen molar-refractivity contribution in [2.45, 2.75) is 33.7 Å². The van der Waals surface area contributed by atoms with Crippen LogP contribution in [0.5, 0.6) is 0 Å². The first-order chi connectivity index (χ1) is 13.8. The van der Waals surface area contributed by atoms with Gasteiger partial charge in [-0.1, -0.05) is 17.7 Å². The molecular formula is C22H29N3O3S. The third-order valence-electron chi connectivity index (χ3n) is 5.47. The van der Waals surface area contributed by atoms with Crippen LogP contribution in [0.1, 0.15) is 33.3 Å². The van der Waals surface area contributed by atoms with Crippen LogP contribution in [0.15, 0.2) is 24.3 Å². The lowest BCUT2D eigenvalue weighted by molar-refractivity contribution is -0.117. The monoisotopic (exact) mass is 415 g/mol. The highest BCUT2D eigenvalue weighted by atomic mass is 32.1. The summed E-state index contributed by atoms with van der Waals surface area (Å²) in [5.41, 5.74) is 3.79. The molecule has 1 atom stereocenters. The molecule has 0 saturated carbocycles. The van der Waals surface area contributed by atoms with Crippen molar-refractivity contribution in [3.8, 4) is 0 Å². The minimum Gasteiger partial charge on any atom is -0.465 e. The standard InChI is InChI=1S/C22H29N3O3S/c1-14-6-8-18(9-7-14)25-11-10-24(12-15(25)2)13-19(26)23-21-20(22(27)28-5)16(3)17(4)29-21/h6-9,15H,10-13H2,1-5H3,(H,23,26). The van der Waals surface area contributed by atoms with Crippen molar-refractivity contribution in [1.29, 1.82) is 0 Å². The van der Waals surface area contributed by atoms with Gasteiger partial charge in [-0.25, -0.2) is 4.79 Å². The lowest BCUT2D eigenvalue weighted by Gasteiger charge is -2.41. The number of carbonyl (C=O) groups excluding carboxylic acids is 2. The molecule has 1 N–H and O–H groups in total. The van der Waals surface area contributed by atoms with Crippen LogP contribution < -0.4 is 10.2 Å². The van der Waals surface area contributed by atoms with Crippen LogP contribution in [0.3, 0.4) is 0 Å². The molecule has 6 nitrogen and oxygen atoms in total. The third-order valence-corrected chi connectivity index (χ3v) is 6.59. The van der Waals surface area contributed by atoms with Crippen molar-refractivity contribution in [3.05, 3.63) is 45.8 Å². The molecule has 1 aliphatic heterocycles. The average molecular weight is 416 g/mol. The Morgan fingerprint density at radius 3 is 2.48 bits per heavy atom. The second kappa shape index (κ2) is 8.97. The van der Waals surface area contributed by atoms with Gasteiger partial charge in [0.15, 0.2) is 0 Å². The number of benzene rings is 1. The van der Waals surface area contributed by atoms with Crippen molar-refractivity contribution in [2.75, 3.05) is 43.5 Å². The van der Waals surface area contributed by atoms with E-state index in [1.807, 2.05) is 13.8 Å².